The summed E-state index contributed by atoms with van der Waals surface area (Å²) in [5.74, 6) is -1.18. The van der Waals surface area contributed by atoms with Gasteiger partial charge in [0.25, 0.3) is 5.91 Å². The topological polar surface area (TPSA) is 96.4 Å². The van der Waals surface area contributed by atoms with E-state index in [0.29, 0.717) is 18.0 Å². The molecule has 8 nitrogen and oxygen atoms in total. The Kier molecular flexibility index (Phi) is 4.16. The number of aliphatic carboxylic acids is 1. The molecule has 8 heteroatoms. The lowest BCUT2D eigenvalue weighted by Crippen LogP contribution is -2.52. The highest BCUT2D eigenvalue weighted by atomic mass is 16.5. The first-order valence-corrected chi connectivity index (χ1v) is 7.20. The fourth-order valence-electron chi connectivity index (χ4n) is 2.59. The van der Waals surface area contributed by atoms with Crippen molar-refractivity contribution in [3.63, 3.8) is 0 Å². The van der Waals surface area contributed by atoms with Crippen LogP contribution in [0.4, 0.5) is 5.69 Å². The summed E-state index contributed by atoms with van der Waals surface area (Å²) in [6.45, 7) is 0.185. The predicted molar refractivity (Wildman–Crippen MR) is 78.2 cm³/mol. The first kappa shape index (κ1) is 15.3. The summed E-state index contributed by atoms with van der Waals surface area (Å²) in [4.78, 5) is 38.3. The number of carboxylic acid groups (broad SMARTS) is 1. The number of carboxylic acids is 1. The van der Waals surface area contributed by atoms with Crippen LogP contribution in [0.5, 0.6) is 5.75 Å². The van der Waals surface area contributed by atoms with Gasteiger partial charge in [0.1, 0.15) is 12.3 Å². The third-order valence-electron chi connectivity index (χ3n) is 3.80. The lowest BCUT2D eigenvalue weighted by Gasteiger charge is -2.34. The normalized spacial score (nSPS) is 20.7. The van der Waals surface area contributed by atoms with Crippen LogP contribution >= 0.6 is 0 Å². The molecular weight excluding hydrogens is 304 g/mol. The van der Waals surface area contributed by atoms with E-state index in [2.05, 4.69) is 0 Å². The molecule has 2 heterocycles. The summed E-state index contributed by atoms with van der Waals surface area (Å²) in [7, 11) is 0. The fraction of sp³-hybridized carbons (Fsp3) is 0.400. The number of anilines is 1. The first-order chi connectivity index (χ1) is 11.1. The van der Waals surface area contributed by atoms with Crippen LogP contribution in [0.3, 0.4) is 0 Å². The molecule has 1 atom stereocenters. The van der Waals surface area contributed by atoms with E-state index in [1.807, 2.05) is 0 Å². The molecule has 0 aromatic heterocycles. The minimum absolute atomic E-state index is 0.0195. The molecule has 0 saturated carbocycles. The molecule has 0 aliphatic carbocycles. The number of para-hydroxylation sites is 2. The molecule has 2 aliphatic rings. The van der Waals surface area contributed by atoms with Crippen molar-refractivity contribution in [1.82, 2.24) is 4.90 Å². The van der Waals surface area contributed by atoms with Crippen LogP contribution in [0, 0.1) is 0 Å². The number of rotatable bonds is 3. The Morgan fingerprint density at radius 3 is 2.87 bits per heavy atom. The molecular formula is C15H16N2O6. The summed E-state index contributed by atoms with van der Waals surface area (Å²) in [6, 6.07) is 6.98. The van der Waals surface area contributed by atoms with E-state index in [4.69, 9.17) is 14.6 Å². The number of ether oxygens (including phenoxy) is 2. The average Bonchev–Trinajstić information content (AvgIpc) is 2.57. The van der Waals surface area contributed by atoms with Crippen molar-refractivity contribution >= 4 is 23.5 Å². The number of carbonyl (C=O) groups is 3. The molecule has 1 N–H and O–H groups in total. The van der Waals surface area contributed by atoms with E-state index in [1.54, 1.807) is 24.3 Å². The minimum atomic E-state index is -1.10. The molecule has 1 fully saturated rings. The van der Waals surface area contributed by atoms with Crippen molar-refractivity contribution < 1.29 is 29.0 Å². The molecule has 1 saturated heterocycles. The van der Waals surface area contributed by atoms with Crippen LogP contribution in [0.2, 0.25) is 0 Å². The largest absolute Gasteiger partial charge is 0.482 e. The van der Waals surface area contributed by atoms with Crippen molar-refractivity contribution in [2.45, 2.75) is 6.10 Å². The van der Waals surface area contributed by atoms with Crippen LogP contribution in [0.15, 0.2) is 24.3 Å². The highest BCUT2D eigenvalue weighted by Gasteiger charge is 2.32. The zero-order chi connectivity index (χ0) is 16.4. The van der Waals surface area contributed by atoms with Gasteiger partial charge < -0.3 is 19.5 Å². The SMILES string of the molecule is O=C(O)C1CN(C(=O)CN2C(=O)COc3ccccc32)CCO1. The molecule has 1 aromatic rings. The minimum Gasteiger partial charge on any atom is -0.482 e. The highest BCUT2D eigenvalue weighted by Crippen LogP contribution is 2.31. The predicted octanol–water partition coefficient (Wildman–Crippen LogP) is -0.276. The summed E-state index contributed by atoms with van der Waals surface area (Å²) in [5.41, 5.74) is 0.542. The number of amides is 2. The van der Waals surface area contributed by atoms with Gasteiger partial charge in [-0.1, -0.05) is 12.1 Å². The molecule has 2 aliphatic heterocycles. The second kappa shape index (κ2) is 6.25. The fourth-order valence-corrected chi connectivity index (χ4v) is 2.59. The van der Waals surface area contributed by atoms with Crippen molar-refractivity contribution in [1.29, 1.82) is 0 Å². The van der Waals surface area contributed by atoms with Gasteiger partial charge in [-0.15, -0.1) is 0 Å². The maximum Gasteiger partial charge on any atom is 0.334 e. The third-order valence-corrected chi connectivity index (χ3v) is 3.80. The summed E-state index contributed by atoms with van der Waals surface area (Å²) >= 11 is 0. The van der Waals surface area contributed by atoms with Crippen LogP contribution in [-0.4, -0.2) is 66.7 Å². The standard InChI is InChI=1S/C15H16N2O6/c18-13(16-5-6-22-12(7-16)15(20)21)8-17-10-3-1-2-4-11(10)23-9-14(17)19/h1-4,12H,5-9H2,(H,20,21). The maximum atomic E-state index is 12.4. The average molecular weight is 320 g/mol. The van der Waals surface area contributed by atoms with Crippen LogP contribution in [-0.2, 0) is 19.1 Å². The monoisotopic (exact) mass is 320 g/mol. The lowest BCUT2D eigenvalue weighted by atomic mass is 10.2. The molecule has 3 rings (SSSR count). The first-order valence-electron chi connectivity index (χ1n) is 7.20. The summed E-state index contributed by atoms with van der Waals surface area (Å²) < 4.78 is 10.4. The Hall–Kier alpha value is -2.61. The number of hydrogen-bond donors (Lipinski definition) is 1. The van der Waals surface area contributed by atoms with E-state index in [-0.39, 0.29) is 38.1 Å². The highest BCUT2D eigenvalue weighted by molar-refractivity contribution is 6.02. The van der Waals surface area contributed by atoms with Crippen molar-refractivity contribution in [2.24, 2.45) is 0 Å². The van der Waals surface area contributed by atoms with Crippen molar-refractivity contribution in [2.75, 3.05) is 37.7 Å². The summed E-state index contributed by atoms with van der Waals surface area (Å²) in [5, 5.41) is 8.99. The number of benzene rings is 1. The quantitative estimate of drug-likeness (QED) is 0.823. The summed E-state index contributed by atoms with van der Waals surface area (Å²) in [6.07, 6.45) is -1.03. The van der Waals surface area contributed by atoms with E-state index in [9.17, 15) is 14.4 Å². The molecule has 2 amide bonds. The van der Waals surface area contributed by atoms with Gasteiger partial charge in [0.2, 0.25) is 5.91 Å². The Morgan fingerprint density at radius 1 is 1.30 bits per heavy atom. The van der Waals surface area contributed by atoms with Crippen molar-refractivity contribution in [3.8, 4) is 5.75 Å². The third kappa shape index (κ3) is 3.11. The van der Waals surface area contributed by atoms with Gasteiger partial charge in [0.15, 0.2) is 12.7 Å². The van der Waals surface area contributed by atoms with Gasteiger partial charge in [-0.25, -0.2) is 4.79 Å². The van der Waals surface area contributed by atoms with Gasteiger partial charge in [-0.05, 0) is 12.1 Å². The second-order valence-electron chi connectivity index (χ2n) is 5.27. The smallest absolute Gasteiger partial charge is 0.334 e. The zero-order valence-electron chi connectivity index (χ0n) is 12.3. The number of nitrogens with zero attached hydrogens (tertiary/aromatic N) is 2. The van der Waals surface area contributed by atoms with Crippen LogP contribution < -0.4 is 9.64 Å². The molecule has 23 heavy (non-hydrogen) atoms. The van der Waals surface area contributed by atoms with Crippen LogP contribution in [0.25, 0.3) is 0 Å². The van der Waals surface area contributed by atoms with E-state index in [1.165, 1.54) is 9.80 Å². The Labute approximate surface area is 132 Å². The molecule has 0 radical (unpaired) electrons. The number of morpholine rings is 1. The van der Waals surface area contributed by atoms with Gasteiger partial charge in [0, 0.05) is 6.54 Å². The number of hydrogen-bond acceptors (Lipinski definition) is 5. The molecule has 0 bridgehead atoms. The van der Waals surface area contributed by atoms with Crippen LogP contribution in [0.1, 0.15) is 0 Å². The number of fused-ring (bicyclic) bond motifs is 1. The van der Waals surface area contributed by atoms with Gasteiger partial charge in [0.05, 0.1) is 18.8 Å². The Balaban J connectivity index is 1.72. The van der Waals surface area contributed by atoms with E-state index < -0.39 is 12.1 Å². The Morgan fingerprint density at radius 2 is 2.09 bits per heavy atom. The van der Waals surface area contributed by atoms with E-state index >= 15 is 0 Å². The van der Waals surface area contributed by atoms with Crippen molar-refractivity contribution in [3.05, 3.63) is 24.3 Å². The van der Waals surface area contributed by atoms with E-state index in [0.717, 1.165) is 0 Å². The molecule has 0 spiro atoms. The lowest BCUT2D eigenvalue weighted by molar-refractivity contribution is -0.159. The zero-order valence-corrected chi connectivity index (χ0v) is 12.3. The van der Waals surface area contributed by atoms with Gasteiger partial charge in [-0.2, -0.15) is 0 Å². The molecule has 1 unspecified atom stereocenters. The van der Waals surface area contributed by atoms with Gasteiger partial charge in [-0.3, -0.25) is 14.5 Å². The molecule has 1 aromatic carbocycles. The van der Waals surface area contributed by atoms with Gasteiger partial charge >= 0.3 is 5.97 Å². The molecule has 122 valence electrons. The number of carbonyl (C=O) groups excluding carboxylic acids is 2. The Bertz CT molecular complexity index is 647. The maximum absolute atomic E-state index is 12.4. The second-order valence-corrected chi connectivity index (χ2v) is 5.27.